The Morgan fingerprint density at radius 2 is 1.40 bits per heavy atom. The van der Waals surface area contributed by atoms with Crippen molar-refractivity contribution in [2.45, 2.75) is 12.2 Å². The minimum absolute atomic E-state index is 0. The molecule has 1 rings (SSSR count). The Balaban J connectivity index is 0.000000810. The van der Waals surface area contributed by atoms with Gasteiger partial charge in [0.05, 0.1) is 0 Å². The van der Waals surface area contributed by atoms with E-state index in [1.54, 1.807) is 0 Å². The van der Waals surface area contributed by atoms with E-state index >= 15 is 0 Å². The van der Waals surface area contributed by atoms with Crippen molar-refractivity contribution in [2.24, 2.45) is 0 Å². The summed E-state index contributed by atoms with van der Waals surface area (Å²) in [5.41, 5.74) is -1.43. The van der Waals surface area contributed by atoms with Crippen molar-refractivity contribution in [2.75, 3.05) is 0 Å². The largest absolute Gasteiger partial charge is 0.383 e. The summed E-state index contributed by atoms with van der Waals surface area (Å²) in [5, 5.41) is 17.2. The Bertz CT molecular complexity index is 153. The van der Waals surface area contributed by atoms with E-state index < -0.39 is 23.6 Å². The van der Waals surface area contributed by atoms with Crippen molar-refractivity contribution in [1.82, 2.24) is 6.15 Å². The SMILES string of the molecule is N.O=C1[B]C(=O)C(O)C1O. The number of rotatable bonds is 0. The fourth-order valence-corrected chi connectivity index (χ4v) is 0.622. The van der Waals surface area contributed by atoms with Gasteiger partial charge in [0, 0.05) is 0 Å². The highest BCUT2D eigenvalue weighted by Crippen LogP contribution is 2.03. The molecule has 1 heterocycles. The topological polar surface area (TPSA) is 110 Å². The first kappa shape index (κ1) is 9.28. The third-order valence-corrected chi connectivity index (χ3v) is 1.17. The smallest absolute Gasteiger partial charge is 0.298 e. The molecule has 0 bridgehead atoms. The normalized spacial score (nSPS) is 31.4. The fourth-order valence-electron chi connectivity index (χ4n) is 0.622. The van der Waals surface area contributed by atoms with E-state index in [4.69, 9.17) is 10.2 Å². The summed E-state index contributed by atoms with van der Waals surface area (Å²) < 4.78 is 0. The van der Waals surface area contributed by atoms with Gasteiger partial charge in [0.1, 0.15) is 23.6 Å². The van der Waals surface area contributed by atoms with Gasteiger partial charge < -0.3 is 26.0 Å². The molecule has 1 fully saturated rings. The van der Waals surface area contributed by atoms with Gasteiger partial charge in [-0.15, -0.1) is 0 Å². The Labute approximate surface area is 57.9 Å². The molecule has 0 spiro atoms. The molecule has 1 radical (unpaired) electrons. The highest BCUT2D eigenvalue weighted by atomic mass is 16.3. The zero-order chi connectivity index (χ0) is 7.02. The first-order valence-electron chi connectivity index (χ1n) is 2.41. The van der Waals surface area contributed by atoms with Crippen molar-refractivity contribution in [3.8, 4) is 0 Å². The molecule has 0 amide bonds. The molecule has 5 N–H and O–H groups in total. The highest BCUT2D eigenvalue weighted by Gasteiger charge is 2.39. The molecule has 2 atom stereocenters. The van der Waals surface area contributed by atoms with Gasteiger partial charge in [-0.25, -0.2) is 0 Å². The Hall–Kier alpha value is -0.715. The molecule has 10 heavy (non-hydrogen) atoms. The van der Waals surface area contributed by atoms with Crippen LogP contribution < -0.4 is 6.15 Å². The summed E-state index contributed by atoms with van der Waals surface area (Å²) in [7, 11) is 0.704. The predicted octanol–water partition coefficient (Wildman–Crippen LogP) is -2.36. The van der Waals surface area contributed by atoms with E-state index in [2.05, 4.69) is 0 Å². The first-order valence-corrected chi connectivity index (χ1v) is 2.41. The van der Waals surface area contributed by atoms with Crippen molar-refractivity contribution < 1.29 is 19.8 Å². The molecule has 0 aromatic carbocycles. The molecule has 2 unspecified atom stereocenters. The van der Waals surface area contributed by atoms with Crippen molar-refractivity contribution in [3.05, 3.63) is 0 Å². The van der Waals surface area contributed by atoms with Gasteiger partial charge in [0.2, 0.25) is 0 Å². The second-order valence-corrected chi connectivity index (χ2v) is 1.84. The third-order valence-electron chi connectivity index (χ3n) is 1.17. The second kappa shape index (κ2) is 2.91. The molecule has 1 saturated heterocycles. The van der Waals surface area contributed by atoms with Crippen LogP contribution in [0, 0.1) is 0 Å². The van der Waals surface area contributed by atoms with Crippen LogP contribution in [0.2, 0.25) is 0 Å². The van der Waals surface area contributed by atoms with Crippen LogP contribution in [0.5, 0.6) is 0 Å². The summed E-state index contributed by atoms with van der Waals surface area (Å²) >= 11 is 0. The van der Waals surface area contributed by atoms with E-state index in [1.807, 2.05) is 0 Å². The molecule has 0 saturated carbocycles. The van der Waals surface area contributed by atoms with Crippen LogP contribution in [-0.2, 0) is 9.59 Å². The van der Waals surface area contributed by atoms with Crippen LogP contribution in [-0.4, -0.2) is 41.1 Å². The third kappa shape index (κ3) is 1.23. The average molecular weight is 144 g/mol. The maximum Gasteiger partial charge on any atom is 0.298 e. The lowest BCUT2D eigenvalue weighted by atomic mass is 9.74. The van der Waals surface area contributed by atoms with Crippen LogP contribution >= 0.6 is 0 Å². The number of aliphatic hydroxyl groups excluding tert-OH is 2. The quantitative estimate of drug-likeness (QED) is 0.329. The Morgan fingerprint density at radius 3 is 1.50 bits per heavy atom. The van der Waals surface area contributed by atoms with E-state index in [0.717, 1.165) is 0 Å². The molecule has 1 aliphatic heterocycles. The fraction of sp³-hybridized carbons (Fsp3) is 0.500. The minimum Gasteiger partial charge on any atom is -0.383 e. The number of hydrogen-bond donors (Lipinski definition) is 3. The summed E-state index contributed by atoms with van der Waals surface area (Å²) in [6, 6.07) is 0. The number of carbonyl (C=O) groups is 2. The van der Waals surface area contributed by atoms with Crippen LogP contribution in [0.1, 0.15) is 0 Å². The van der Waals surface area contributed by atoms with E-state index in [1.165, 1.54) is 0 Å². The van der Waals surface area contributed by atoms with Gasteiger partial charge in [0.15, 0.2) is 0 Å². The van der Waals surface area contributed by atoms with Crippen molar-refractivity contribution in [1.29, 1.82) is 0 Å². The van der Waals surface area contributed by atoms with Gasteiger partial charge >= 0.3 is 0 Å². The summed E-state index contributed by atoms with van der Waals surface area (Å²) in [5.74, 6) is 0. The first-order chi connectivity index (χ1) is 4.13. The maximum absolute atomic E-state index is 10.3. The van der Waals surface area contributed by atoms with E-state index in [-0.39, 0.29) is 6.15 Å². The van der Waals surface area contributed by atoms with Gasteiger partial charge in [-0.1, -0.05) is 0 Å². The monoisotopic (exact) mass is 144 g/mol. The lowest BCUT2D eigenvalue weighted by Crippen LogP contribution is -2.27. The van der Waals surface area contributed by atoms with Crippen LogP contribution in [0.25, 0.3) is 0 Å². The van der Waals surface area contributed by atoms with Crippen molar-refractivity contribution in [3.63, 3.8) is 0 Å². The van der Waals surface area contributed by atoms with Crippen LogP contribution in [0.4, 0.5) is 0 Å². The molecule has 55 valence electrons. The number of carbonyl (C=O) groups excluding carboxylic acids is 2. The summed E-state index contributed by atoms with van der Waals surface area (Å²) in [6.07, 6.45) is -3.06. The maximum atomic E-state index is 10.3. The van der Waals surface area contributed by atoms with Gasteiger partial charge in [-0.05, 0) is 0 Å². The molecule has 0 aliphatic carbocycles. The Kier molecular flexibility index (Phi) is 2.71. The molecule has 0 aromatic heterocycles. The molecular formula is C4H7BNO4. The Morgan fingerprint density at radius 1 is 1.10 bits per heavy atom. The zero-order valence-electron chi connectivity index (χ0n) is 5.15. The van der Waals surface area contributed by atoms with Gasteiger partial charge in [-0.3, -0.25) is 0 Å². The zero-order valence-corrected chi connectivity index (χ0v) is 5.15. The lowest BCUT2D eigenvalue weighted by Gasteiger charge is -2.02. The molecule has 6 heteroatoms. The van der Waals surface area contributed by atoms with E-state index in [0.29, 0.717) is 7.28 Å². The summed E-state index contributed by atoms with van der Waals surface area (Å²) in [4.78, 5) is 20.6. The predicted molar refractivity (Wildman–Crippen MR) is 32.8 cm³/mol. The average Bonchev–Trinajstić information content (AvgIpc) is 1.98. The number of aliphatic hydroxyl groups is 2. The standard InChI is InChI=1S/C4H4BO4.H3N/c6-1-2(7)4(9)5-3(1)8;/h1-2,6-7H;1H3. The minimum atomic E-state index is -1.53. The molecule has 0 aromatic rings. The van der Waals surface area contributed by atoms with Crippen LogP contribution in [0.3, 0.4) is 0 Å². The molecule has 1 aliphatic rings. The van der Waals surface area contributed by atoms with Crippen LogP contribution in [0.15, 0.2) is 0 Å². The lowest BCUT2D eigenvalue weighted by molar-refractivity contribution is -0.129. The molecule has 5 nitrogen and oxygen atoms in total. The second-order valence-electron chi connectivity index (χ2n) is 1.84. The summed E-state index contributed by atoms with van der Waals surface area (Å²) in [6.45, 7) is 0. The molecular weight excluding hydrogens is 137 g/mol. The number of hydrogen-bond acceptors (Lipinski definition) is 5. The van der Waals surface area contributed by atoms with Gasteiger partial charge in [-0.2, -0.15) is 0 Å². The van der Waals surface area contributed by atoms with Gasteiger partial charge in [0.25, 0.3) is 7.28 Å². The highest BCUT2D eigenvalue weighted by molar-refractivity contribution is 7.00. The van der Waals surface area contributed by atoms with E-state index in [9.17, 15) is 9.59 Å². The van der Waals surface area contributed by atoms with Crippen molar-refractivity contribution >= 4 is 18.6 Å².